The molecule has 3 aliphatic rings. The number of carbonyl (C=O) groups excluding carboxylic acids is 2. The monoisotopic (exact) mass is 429 g/mol. The van der Waals surface area contributed by atoms with E-state index in [1.165, 1.54) is 6.08 Å². The molecular weight excluding hydrogens is 398 g/mol. The van der Waals surface area contributed by atoms with Gasteiger partial charge in [-0.05, 0) is 45.3 Å². The molecule has 3 rings (SSSR count). The van der Waals surface area contributed by atoms with Gasteiger partial charge < -0.3 is 18.9 Å². The third-order valence-corrected chi connectivity index (χ3v) is 5.46. The molecule has 1 amide bonds. The van der Waals surface area contributed by atoms with Crippen molar-refractivity contribution >= 4 is 12.1 Å². The van der Waals surface area contributed by atoms with Gasteiger partial charge in [-0.3, -0.25) is 5.32 Å². The van der Waals surface area contributed by atoms with Crippen molar-refractivity contribution in [2.24, 2.45) is 5.92 Å². The number of cyclic esters (lactones) is 1. The molecule has 0 radical (unpaired) electrons. The van der Waals surface area contributed by atoms with Gasteiger partial charge in [-0.2, -0.15) is 0 Å². The standard InChI is InChI=1S/C24H31NO6/c1-16-8-5-11-22(26)29-19(16)15-20-17(2)14-21(24(3,4)31-20)30-23(27)25-12-6-9-18-10-7-13-28-18/h5-6,10-12,15,17,21H,7-9,13-14H2,1-4H3,(H,25,27)/b12-6+,20-15+/t17?,21-/m1/s1. The maximum atomic E-state index is 12.2. The van der Waals surface area contributed by atoms with E-state index in [9.17, 15) is 9.59 Å². The summed E-state index contributed by atoms with van der Waals surface area (Å²) in [5.74, 6) is 1.73. The first-order chi connectivity index (χ1) is 14.7. The highest BCUT2D eigenvalue weighted by Crippen LogP contribution is 2.37. The maximum Gasteiger partial charge on any atom is 0.411 e. The molecule has 1 saturated heterocycles. The fourth-order valence-electron chi connectivity index (χ4n) is 3.57. The van der Waals surface area contributed by atoms with Crippen LogP contribution >= 0.6 is 0 Å². The lowest BCUT2D eigenvalue weighted by atomic mass is 9.87. The zero-order valence-electron chi connectivity index (χ0n) is 18.6. The van der Waals surface area contributed by atoms with Crippen LogP contribution in [0.4, 0.5) is 4.79 Å². The highest BCUT2D eigenvalue weighted by atomic mass is 16.6. The first kappa shape index (κ1) is 22.7. The Morgan fingerprint density at radius 3 is 2.94 bits per heavy atom. The van der Waals surface area contributed by atoms with Crippen molar-refractivity contribution < 1.29 is 28.5 Å². The predicted molar refractivity (Wildman–Crippen MR) is 115 cm³/mol. The number of nitrogens with one attached hydrogen (secondary N) is 1. The minimum atomic E-state index is -0.733. The van der Waals surface area contributed by atoms with Gasteiger partial charge in [-0.25, -0.2) is 9.59 Å². The number of rotatable bonds is 5. The average Bonchev–Trinajstić information content (AvgIpc) is 3.16. The van der Waals surface area contributed by atoms with Crippen LogP contribution in [0.15, 0.2) is 59.4 Å². The summed E-state index contributed by atoms with van der Waals surface area (Å²) < 4.78 is 22.6. The van der Waals surface area contributed by atoms with Gasteiger partial charge in [0.2, 0.25) is 0 Å². The van der Waals surface area contributed by atoms with Gasteiger partial charge in [-0.15, -0.1) is 0 Å². The number of allylic oxidation sites excluding steroid dienone is 5. The molecule has 0 spiro atoms. The second kappa shape index (κ2) is 9.90. The van der Waals surface area contributed by atoms with Crippen molar-refractivity contribution in [3.05, 3.63) is 59.4 Å². The topological polar surface area (TPSA) is 83.1 Å². The first-order valence-corrected chi connectivity index (χ1v) is 10.7. The van der Waals surface area contributed by atoms with Crippen LogP contribution in [0, 0.1) is 5.92 Å². The lowest BCUT2D eigenvalue weighted by molar-refractivity contribution is -0.133. The van der Waals surface area contributed by atoms with Crippen LogP contribution in [0.2, 0.25) is 0 Å². The Hall–Kier alpha value is -2.96. The molecule has 0 aliphatic carbocycles. The average molecular weight is 430 g/mol. The number of carbonyl (C=O) groups is 2. The lowest BCUT2D eigenvalue weighted by Crippen LogP contribution is -2.48. The van der Waals surface area contributed by atoms with E-state index in [1.54, 1.807) is 18.4 Å². The molecule has 0 bridgehead atoms. The number of hydrogen-bond donors (Lipinski definition) is 1. The zero-order valence-corrected chi connectivity index (χ0v) is 18.6. The van der Waals surface area contributed by atoms with E-state index in [-0.39, 0.29) is 5.92 Å². The van der Waals surface area contributed by atoms with Gasteiger partial charge in [0, 0.05) is 37.1 Å². The Morgan fingerprint density at radius 2 is 2.19 bits per heavy atom. The summed E-state index contributed by atoms with van der Waals surface area (Å²) in [5.41, 5.74) is 0.218. The molecule has 7 nitrogen and oxygen atoms in total. The Morgan fingerprint density at radius 1 is 1.39 bits per heavy atom. The zero-order chi connectivity index (χ0) is 22.4. The third kappa shape index (κ3) is 6.26. The van der Waals surface area contributed by atoms with Crippen LogP contribution in [-0.4, -0.2) is 30.4 Å². The third-order valence-electron chi connectivity index (χ3n) is 5.46. The molecule has 0 saturated carbocycles. The van der Waals surface area contributed by atoms with Crippen molar-refractivity contribution in [2.75, 3.05) is 6.61 Å². The van der Waals surface area contributed by atoms with Gasteiger partial charge in [0.15, 0.2) is 0 Å². The van der Waals surface area contributed by atoms with E-state index >= 15 is 0 Å². The second-order valence-electron chi connectivity index (χ2n) is 8.51. The van der Waals surface area contributed by atoms with Crippen molar-refractivity contribution in [3.8, 4) is 0 Å². The van der Waals surface area contributed by atoms with Crippen LogP contribution in [0.5, 0.6) is 0 Å². The lowest BCUT2D eigenvalue weighted by Gasteiger charge is -2.42. The molecular formula is C24H31NO6. The molecule has 7 heteroatoms. The van der Waals surface area contributed by atoms with E-state index in [2.05, 4.69) is 5.32 Å². The van der Waals surface area contributed by atoms with Crippen molar-refractivity contribution in [2.45, 2.75) is 65.1 Å². The fraction of sp³-hybridized carbons (Fsp3) is 0.500. The molecule has 0 aromatic heterocycles. The molecule has 2 atom stereocenters. The molecule has 1 unspecified atom stereocenters. The fourth-order valence-corrected chi connectivity index (χ4v) is 3.57. The molecule has 0 aromatic carbocycles. The van der Waals surface area contributed by atoms with Crippen molar-refractivity contribution in [1.82, 2.24) is 5.32 Å². The van der Waals surface area contributed by atoms with E-state index in [1.807, 2.05) is 39.8 Å². The summed E-state index contributed by atoms with van der Waals surface area (Å²) in [6.07, 6.45) is 12.3. The number of esters is 1. The summed E-state index contributed by atoms with van der Waals surface area (Å²) in [6.45, 7) is 8.41. The molecule has 3 heterocycles. The summed E-state index contributed by atoms with van der Waals surface area (Å²) in [5, 5.41) is 2.63. The molecule has 31 heavy (non-hydrogen) atoms. The highest BCUT2D eigenvalue weighted by Gasteiger charge is 2.42. The summed E-state index contributed by atoms with van der Waals surface area (Å²) >= 11 is 0. The predicted octanol–water partition coefficient (Wildman–Crippen LogP) is 4.79. The molecule has 3 aliphatic heterocycles. The summed E-state index contributed by atoms with van der Waals surface area (Å²) in [4.78, 5) is 24.0. The number of alkyl carbamates (subject to hydrolysis) is 1. The van der Waals surface area contributed by atoms with Crippen LogP contribution < -0.4 is 5.32 Å². The van der Waals surface area contributed by atoms with E-state index in [0.717, 1.165) is 24.4 Å². The number of hydrogen-bond acceptors (Lipinski definition) is 6. The van der Waals surface area contributed by atoms with Crippen molar-refractivity contribution in [1.29, 1.82) is 0 Å². The normalized spacial score (nSPS) is 26.8. The molecule has 1 fully saturated rings. The minimum absolute atomic E-state index is 0.0111. The van der Waals surface area contributed by atoms with Gasteiger partial charge in [0.25, 0.3) is 0 Å². The number of amides is 1. The van der Waals surface area contributed by atoms with Gasteiger partial charge in [-0.1, -0.05) is 19.1 Å². The minimum Gasteiger partial charge on any atom is -0.498 e. The van der Waals surface area contributed by atoms with Crippen LogP contribution in [0.1, 0.15) is 53.4 Å². The van der Waals surface area contributed by atoms with E-state index < -0.39 is 23.8 Å². The van der Waals surface area contributed by atoms with Crippen molar-refractivity contribution in [3.63, 3.8) is 0 Å². The van der Waals surface area contributed by atoms with Crippen LogP contribution in [-0.2, 0) is 23.7 Å². The van der Waals surface area contributed by atoms with E-state index in [0.29, 0.717) is 30.8 Å². The largest absolute Gasteiger partial charge is 0.498 e. The smallest absolute Gasteiger partial charge is 0.411 e. The highest BCUT2D eigenvalue weighted by molar-refractivity contribution is 5.83. The van der Waals surface area contributed by atoms with Gasteiger partial charge in [0.1, 0.15) is 23.2 Å². The van der Waals surface area contributed by atoms with Gasteiger partial charge in [0.05, 0.1) is 12.4 Å². The number of ether oxygens (including phenoxy) is 4. The Bertz CT molecular complexity index is 861. The Labute approximate surface area is 183 Å². The van der Waals surface area contributed by atoms with Crippen LogP contribution in [0.25, 0.3) is 0 Å². The first-order valence-electron chi connectivity index (χ1n) is 10.7. The Balaban J connectivity index is 1.58. The summed E-state index contributed by atoms with van der Waals surface area (Å²) in [7, 11) is 0. The molecule has 1 N–H and O–H groups in total. The SMILES string of the molecule is CC1=C(/C=C2/OC(C)(C)[C@H](OC(=O)N/C=C/CC3=CCCO3)CC2C)OC(=O)C=CC1. The summed E-state index contributed by atoms with van der Waals surface area (Å²) in [6, 6.07) is 0. The molecule has 168 valence electrons. The quantitative estimate of drug-likeness (QED) is 0.633. The van der Waals surface area contributed by atoms with E-state index in [4.69, 9.17) is 18.9 Å². The second-order valence-corrected chi connectivity index (χ2v) is 8.51. The van der Waals surface area contributed by atoms with Crippen LogP contribution in [0.3, 0.4) is 0 Å². The Kier molecular flexibility index (Phi) is 7.25. The van der Waals surface area contributed by atoms with Gasteiger partial charge >= 0.3 is 12.1 Å². The maximum absolute atomic E-state index is 12.2. The molecule has 0 aromatic rings.